The van der Waals surface area contributed by atoms with E-state index < -0.39 is 0 Å². The Balaban J connectivity index is 4.10. The molecule has 0 bridgehead atoms. The first kappa shape index (κ1) is 8.10. The van der Waals surface area contributed by atoms with Gasteiger partial charge >= 0.3 is 0 Å². The molecule has 0 radical (unpaired) electrons. The number of hydrogen-bond donors (Lipinski definition) is 0. The van der Waals surface area contributed by atoms with Crippen LogP contribution in [0.15, 0.2) is 10.1 Å². The van der Waals surface area contributed by atoms with E-state index in [0.717, 1.165) is 0 Å². The fourth-order valence-electron chi connectivity index (χ4n) is 0.119. The van der Waals surface area contributed by atoms with E-state index in [9.17, 15) is 0 Å². The molecule has 1 nitrogen and oxygen atoms in total. The van der Waals surface area contributed by atoms with Crippen molar-refractivity contribution in [3.63, 3.8) is 0 Å². The maximum atomic E-state index is 8.05. The van der Waals surface area contributed by atoms with Crippen LogP contribution in [0.3, 0.4) is 0 Å². The summed E-state index contributed by atoms with van der Waals surface area (Å²) in [6.07, 6.45) is 0. The molecule has 0 unspecified atom stereocenters. The first-order valence-electron chi connectivity index (χ1n) is 1.72. The van der Waals surface area contributed by atoms with Crippen molar-refractivity contribution in [3.05, 3.63) is 10.1 Å². The number of allylic oxidation sites excluding steroid dienone is 2. The van der Waals surface area contributed by atoms with Gasteiger partial charge < -0.3 is 0 Å². The minimum absolute atomic E-state index is 0.0401. The fourth-order valence-corrected chi connectivity index (χ4v) is 0.430. The van der Waals surface area contributed by atoms with Crippen LogP contribution in [0.25, 0.3) is 0 Å². The second kappa shape index (κ2) is 4.03. The summed E-state index contributed by atoms with van der Waals surface area (Å²) < 4.78 is 0. The Morgan fingerprint density at radius 2 is 2.00 bits per heavy atom. The topological polar surface area (TPSA) is 23.8 Å². The average Bonchev–Trinajstić information content (AvgIpc) is 1.84. The maximum absolute atomic E-state index is 8.05. The van der Waals surface area contributed by atoms with Crippen LogP contribution >= 0.6 is 34.8 Å². The lowest BCUT2D eigenvalue weighted by Crippen LogP contribution is -1.74. The third-order valence-electron chi connectivity index (χ3n) is 0.454. The molecule has 0 aromatic heterocycles. The molecule has 0 aliphatic carbocycles. The Morgan fingerprint density at radius 1 is 1.50 bits per heavy atom. The summed E-state index contributed by atoms with van der Waals surface area (Å²) in [6.45, 7) is 0. The molecule has 8 heavy (non-hydrogen) atoms. The first-order valence-corrected chi connectivity index (χ1v) is 3.01. The predicted octanol–water partition coefficient (Wildman–Crippen LogP) is 2.44. The molecular formula is C4H2Cl3N. The summed E-state index contributed by atoms with van der Waals surface area (Å²) in [7, 11) is 0. The highest BCUT2D eigenvalue weighted by molar-refractivity contribution is 6.43. The van der Waals surface area contributed by atoms with E-state index in [0.29, 0.717) is 0 Å². The van der Waals surface area contributed by atoms with Crippen LogP contribution in [0.1, 0.15) is 0 Å². The van der Waals surface area contributed by atoms with Crippen molar-refractivity contribution in [2.45, 2.75) is 0 Å². The highest BCUT2D eigenvalue weighted by Crippen LogP contribution is 2.13. The highest BCUT2D eigenvalue weighted by atomic mass is 35.5. The lowest BCUT2D eigenvalue weighted by atomic mass is 10.5. The van der Waals surface area contributed by atoms with E-state index in [2.05, 4.69) is 0 Å². The number of nitrogens with zero attached hydrogens (tertiary/aromatic N) is 1. The zero-order chi connectivity index (χ0) is 6.57. The third-order valence-corrected chi connectivity index (χ3v) is 1.59. The van der Waals surface area contributed by atoms with E-state index >= 15 is 0 Å². The Morgan fingerprint density at radius 3 is 2.12 bits per heavy atom. The molecule has 0 fully saturated rings. The van der Waals surface area contributed by atoms with E-state index in [1.165, 1.54) is 0 Å². The lowest BCUT2D eigenvalue weighted by Gasteiger charge is -1.85. The van der Waals surface area contributed by atoms with Gasteiger partial charge in [-0.15, -0.1) is 11.6 Å². The van der Waals surface area contributed by atoms with Crippen molar-refractivity contribution in [1.82, 2.24) is 0 Å². The van der Waals surface area contributed by atoms with Gasteiger partial charge in [-0.05, 0) is 0 Å². The van der Waals surface area contributed by atoms with Crippen LogP contribution in [0.4, 0.5) is 0 Å². The smallest absolute Gasteiger partial charge is 0.133 e. The zero-order valence-corrected chi connectivity index (χ0v) is 6.06. The van der Waals surface area contributed by atoms with Crippen molar-refractivity contribution >= 4 is 34.8 Å². The van der Waals surface area contributed by atoms with Gasteiger partial charge in [0, 0.05) is 0 Å². The molecule has 0 saturated carbocycles. The Labute approximate surface area is 62.4 Å². The quantitative estimate of drug-likeness (QED) is 0.438. The molecule has 0 aromatic carbocycles. The first-order chi connectivity index (χ1) is 3.72. The lowest BCUT2D eigenvalue weighted by molar-refractivity contribution is 1.51. The number of halogens is 3. The van der Waals surface area contributed by atoms with Gasteiger partial charge in [-0.2, -0.15) is 5.26 Å². The molecule has 0 aliphatic rings. The number of alkyl halides is 1. The van der Waals surface area contributed by atoms with Gasteiger partial charge in [0.15, 0.2) is 0 Å². The Hall–Kier alpha value is 0.1000. The van der Waals surface area contributed by atoms with Crippen LogP contribution in [0.2, 0.25) is 0 Å². The molecule has 0 aromatic rings. The van der Waals surface area contributed by atoms with Crippen LogP contribution in [0.5, 0.6) is 0 Å². The summed E-state index contributed by atoms with van der Waals surface area (Å²) in [5.41, 5.74) is 0. The number of nitriles is 1. The molecular weight excluding hydrogens is 168 g/mol. The van der Waals surface area contributed by atoms with E-state index in [1.807, 2.05) is 0 Å². The predicted molar refractivity (Wildman–Crippen MR) is 35.1 cm³/mol. The number of rotatable bonds is 1. The standard InChI is InChI=1S/C4H2Cl3N/c5-1-3(6)4(7)2-8/h1H2/b4-3+. The van der Waals surface area contributed by atoms with Crippen LogP contribution in [-0.4, -0.2) is 5.88 Å². The van der Waals surface area contributed by atoms with Crippen molar-refractivity contribution < 1.29 is 0 Å². The summed E-state index contributed by atoms with van der Waals surface area (Å²) in [5.74, 6) is 0.0912. The Bertz CT molecular complexity index is 144. The molecule has 0 rings (SSSR count). The summed E-state index contributed by atoms with van der Waals surface area (Å²) in [4.78, 5) is 0. The average molecular weight is 170 g/mol. The molecule has 0 heterocycles. The normalized spacial score (nSPS) is 12.2. The second-order valence-corrected chi connectivity index (χ2v) is 2.07. The van der Waals surface area contributed by atoms with Crippen molar-refractivity contribution in [2.24, 2.45) is 0 Å². The van der Waals surface area contributed by atoms with Gasteiger partial charge in [0.2, 0.25) is 0 Å². The zero-order valence-electron chi connectivity index (χ0n) is 3.79. The van der Waals surface area contributed by atoms with Crippen molar-refractivity contribution in [1.29, 1.82) is 5.26 Å². The van der Waals surface area contributed by atoms with Gasteiger partial charge in [-0.3, -0.25) is 0 Å². The third kappa shape index (κ3) is 2.42. The Kier molecular flexibility index (Phi) is 4.08. The molecule has 0 saturated heterocycles. The molecule has 0 spiro atoms. The van der Waals surface area contributed by atoms with Gasteiger partial charge in [-0.1, -0.05) is 23.2 Å². The van der Waals surface area contributed by atoms with E-state index in [-0.39, 0.29) is 15.9 Å². The van der Waals surface area contributed by atoms with Crippen molar-refractivity contribution in [3.8, 4) is 6.07 Å². The minimum atomic E-state index is -0.0401. The molecule has 0 amide bonds. The van der Waals surface area contributed by atoms with Gasteiger partial charge in [0.05, 0.1) is 10.9 Å². The SMILES string of the molecule is N#C/C(Cl)=C(\Cl)CCl. The molecule has 0 aliphatic heterocycles. The number of hydrogen-bond acceptors (Lipinski definition) is 1. The summed E-state index contributed by atoms with van der Waals surface area (Å²) in [6, 6.07) is 1.64. The molecule has 0 atom stereocenters. The molecule has 44 valence electrons. The summed E-state index contributed by atoms with van der Waals surface area (Å²) >= 11 is 15.7. The van der Waals surface area contributed by atoms with Crippen LogP contribution in [0, 0.1) is 11.3 Å². The highest BCUT2D eigenvalue weighted by Gasteiger charge is 1.95. The second-order valence-electron chi connectivity index (χ2n) is 0.964. The van der Waals surface area contributed by atoms with Crippen molar-refractivity contribution in [2.75, 3.05) is 5.88 Å². The molecule has 4 heteroatoms. The van der Waals surface area contributed by atoms with Crippen LogP contribution < -0.4 is 0 Å². The fraction of sp³-hybridized carbons (Fsp3) is 0.250. The van der Waals surface area contributed by atoms with Crippen LogP contribution in [-0.2, 0) is 0 Å². The monoisotopic (exact) mass is 169 g/mol. The maximum Gasteiger partial charge on any atom is 0.133 e. The largest absolute Gasteiger partial charge is 0.191 e. The van der Waals surface area contributed by atoms with E-state index in [4.69, 9.17) is 40.1 Å². The van der Waals surface area contributed by atoms with Gasteiger partial charge in [0.25, 0.3) is 0 Å². The van der Waals surface area contributed by atoms with E-state index in [1.54, 1.807) is 6.07 Å². The van der Waals surface area contributed by atoms with Gasteiger partial charge in [-0.25, -0.2) is 0 Å². The minimum Gasteiger partial charge on any atom is -0.191 e. The summed E-state index contributed by atoms with van der Waals surface area (Å²) in [5, 5.41) is 8.20. The van der Waals surface area contributed by atoms with Gasteiger partial charge in [0.1, 0.15) is 11.1 Å². The molecule has 0 N–H and O–H groups in total.